The molecular weight excluding hydrogens is 936 g/mol. The molecule has 0 saturated heterocycles. The molecule has 0 bridgehead atoms. The van der Waals surface area contributed by atoms with Crippen molar-refractivity contribution in [2.24, 2.45) is 0 Å². The highest BCUT2D eigenvalue weighted by atomic mass is 127. The van der Waals surface area contributed by atoms with Crippen molar-refractivity contribution >= 4 is 158 Å². The summed E-state index contributed by atoms with van der Waals surface area (Å²) < 4.78 is 0.768. The first-order chi connectivity index (χ1) is 4.50. The third-order valence-corrected chi connectivity index (χ3v) is 19.0. The molecule has 0 heterocycles. The molecule has 0 aliphatic heterocycles. The molecule has 0 aromatic heterocycles. The van der Waals surface area contributed by atoms with E-state index in [1.54, 1.807) is 0 Å². The molecular formula is C4H3I7. The van der Waals surface area contributed by atoms with Gasteiger partial charge in [-0.3, -0.25) is 0 Å². The minimum absolute atomic E-state index is 0.248. The van der Waals surface area contributed by atoms with Gasteiger partial charge in [0, 0.05) is 0 Å². The molecule has 0 amide bonds. The van der Waals surface area contributed by atoms with Crippen molar-refractivity contribution in [1.29, 1.82) is 0 Å². The monoisotopic (exact) mass is 939 g/mol. The van der Waals surface area contributed by atoms with Crippen LogP contribution in [0.5, 0.6) is 0 Å². The molecule has 11 heavy (non-hydrogen) atoms. The fraction of sp³-hybridized carbons (Fsp3) is 1.00. The fourth-order valence-electron chi connectivity index (χ4n) is 0.249. The van der Waals surface area contributed by atoms with Crippen LogP contribution in [0.1, 0.15) is 6.92 Å². The van der Waals surface area contributed by atoms with Gasteiger partial charge in [-0.05, 0) is 6.92 Å². The summed E-state index contributed by atoms with van der Waals surface area (Å²) in [4.78, 5) is 0. The van der Waals surface area contributed by atoms with Crippen LogP contribution in [0.25, 0.3) is 0 Å². The smallest absolute Gasteiger partial charge is 0.0651 e. The molecule has 0 unspecified atom stereocenters. The third kappa shape index (κ3) is 4.86. The zero-order chi connectivity index (χ0) is 9.50. The van der Waals surface area contributed by atoms with E-state index in [0.717, 1.165) is 0 Å². The van der Waals surface area contributed by atoms with Gasteiger partial charge < -0.3 is 0 Å². The van der Waals surface area contributed by atoms with Crippen molar-refractivity contribution < 1.29 is 0 Å². The first-order valence-electron chi connectivity index (χ1n) is 2.32. The van der Waals surface area contributed by atoms with Gasteiger partial charge in [0.1, 0.15) is 0.864 Å². The lowest BCUT2D eigenvalue weighted by Gasteiger charge is -2.38. The maximum atomic E-state index is 2.54. The summed E-state index contributed by atoms with van der Waals surface area (Å²) in [7, 11) is 0. The first kappa shape index (κ1) is 16.1. The third-order valence-electron chi connectivity index (χ3n) is 0.907. The van der Waals surface area contributed by atoms with Crippen molar-refractivity contribution in [3.05, 3.63) is 0 Å². The molecule has 0 fully saturated rings. The molecule has 0 atom stereocenters. The molecule has 0 nitrogen and oxygen atoms in total. The molecule has 0 saturated carbocycles. The molecule has 7 heteroatoms. The normalized spacial score (nSPS) is 15.3. The van der Waals surface area contributed by atoms with Gasteiger partial charge in [-0.15, -0.1) is 0 Å². The number of halogens is 7. The highest BCUT2D eigenvalue weighted by Gasteiger charge is 2.53. The van der Waals surface area contributed by atoms with E-state index in [0.29, 0.717) is 0 Å². The molecule has 0 aromatic rings. The van der Waals surface area contributed by atoms with E-state index >= 15 is 0 Å². The van der Waals surface area contributed by atoms with Gasteiger partial charge in [0.2, 0.25) is 0 Å². The van der Waals surface area contributed by atoms with Crippen LogP contribution in [-0.2, 0) is 0 Å². The molecule has 68 valence electrons. The van der Waals surface area contributed by atoms with E-state index in [9.17, 15) is 0 Å². The molecule has 0 rings (SSSR count). The summed E-state index contributed by atoms with van der Waals surface area (Å²) in [5.74, 6) is 0. The predicted octanol–water partition coefficient (Wildman–Crippen LogP) is 6.10. The number of rotatable bonds is 2. The second-order valence-corrected chi connectivity index (χ2v) is 24.7. The summed E-state index contributed by atoms with van der Waals surface area (Å²) in [6.45, 7) is 2.26. The Balaban J connectivity index is 4.75. The summed E-state index contributed by atoms with van der Waals surface area (Å²) >= 11 is 17.6. The maximum Gasteiger partial charge on any atom is 0.149 e. The quantitative estimate of drug-likeness (QED) is 0.233. The molecule has 0 radical (unpaired) electrons. The summed E-state index contributed by atoms with van der Waals surface area (Å²) in [5.41, 5.74) is 0. The van der Waals surface area contributed by atoms with Crippen LogP contribution in [0.3, 0.4) is 0 Å². The SMILES string of the molecule is CC(I)(I)C(I)(I)C(I)(I)I. The Kier molecular flexibility index (Phi) is 8.25. The standard InChI is InChI=1S/C4H3I7/c1-2(5,6)3(7,8)4(9,10)11/h1H3. The van der Waals surface area contributed by atoms with Gasteiger partial charge in [0.05, 0.1) is 1.43 Å². The summed E-state index contributed by atoms with van der Waals surface area (Å²) in [6.07, 6.45) is 0. The maximum absolute atomic E-state index is 2.54. The summed E-state index contributed by atoms with van der Waals surface area (Å²) in [5, 5.41) is 0. The molecule has 0 spiro atoms. The predicted molar refractivity (Wildman–Crippen MR) is 112 cm³/mol. The van der Waals surface area contributed by atoms with Crippen LogP contribution in [0.15, 0.2) is 0 Å². The zero-order valence-electron chi connectivity index (χ0n) is 5.15. The Hall–Kier alpha value is 5.11. The Bertz CT molecular complexity index is 122. The number of hydrogen-bond donors (Lipinski definition) is 0. The van der Waals surface area contributed by atoms with Crippen molar-refractivity contribution in [1.82, 2.24) is 0 Å². The van der Waals surface area contributed by atoms with Crippen LogP contribution >= 0.6 is 158 Å². The van der Waals surface area contributed by atoms with E-state index in [2.05, 4.69) is 165 Å². The van der Waals surface area contributed by atoms with Gasteiger partial charge in [0.15, 0.2) is 0 Å². The van der Waals surface area contributed by atoms with E-state index in [1.807, 2.05) is 0 Å². The molecule has 0 aromatic carbocycles. The topological polar surface area (TPSA) is 0 Å². The lowest BCUT2D eigenvalue weighted by atomic mass is 10.4. The van der Waals surface area contributed by atoms with Crippen molar-refractivity contribution in [3.8, 4) is 0 Å². The average Bonchev–Trinajstić information content (AvgIpc) is 1.58. The van der Waals surface area contributed by atoms with E-state index in [4.69, 9.17) is 0 Å². The Labute approximate surface area is 163 Å². The Morgan fingerprint density at radius 2 is 1.00 bits per heavy atom. The van der Waals surface area contributed by atoms with Crippen LogP contribution in [0.4, 0.5) is 0 Å². The Morgan fingerprint density at radius 1 is 0.727 bits per heavy atom. The first-order valence-corrected chi connectivity index (χ1v) is 9.87. The Morgan fingerprint density at radius 3 is 1.00 bits per heavy atom. The molecule has 0 aliphatic rings. The van der Waals surface area contributed by atoms with Crippen LogP contribution < -0.4 is 0 Å². The van der Waals surface area contributed by atoms with Gasteiger partial charge >= 0.3 is 0 Å². The lowest BCUT2D eigenvalue weighted by Crippen LogP contribution is -2.41. The second kappa shape index (κ2) is 5.63. The van der Waals surface area contributed by atoms with Crippen molar-refractivity contribution in [2.45, 2.75) is 9.22 Å². The van der Waals surface area contributed by atoms with Crippen LogP contribution in [0.2, 0.25) is 0 Å². The summed E-state index contributed by atoms with van der Waals surface area (Å²) in [6, 6.07) is 0. The van der Waals surface area contributed by atoms with Crippen LogP contribution in [0, 0.1) is 0 Å². The lowest BCUT2D eigenvalue weighted by molar-refractivity contribution is 0.939. The fourth-order valence-corrected chi connectivity index (χ4v) is 5.77. The highest BCUT2D eigenvalue weighted by Crippen LogP contribution is 2.63. The van der Waals surface area contributed by atoms with Gasteiger partial charge in [-0.2, -0.15) is 0 Å². The van der Waals surface area contributed by atoms with Gasteiger partial charge in [-0.25, -0.2) is 0 Å². The zero-order valence-corrected chi connectivity index (χ0v) is 20.2. The van der Waals surface area contributed by atoms with Crippen molar-refractivity contribution in [2.75, 3.05) is 0 Å². The average molecular weight is 939 g/mol. The van der Waals surface area contributed by atoms with Gasteiger partial charge in [-0.1, -0.05) is 158 Å². The molecule has 0 aliphatic carbocycles. The minimum Gasteiger partial charge on any atom is -0.0651 e. The minimum atomic E-state index is 0.248. The van der Waals surface area contributed by atoms with Crippen LogP contribution in [-0.4, -0.2) is 2.29 Å². The van der Waals surface area contributed by atoms with Gasteiger partial charge in [0.25, 0.3) is 0 Å². The largest absolute Gasteiger partial charge is 0.149 e. The van der Waals surface area contributed by atoms with E-state index < -0.39 is 0 Å². The highest BCUT2D eigenvalue weighted by molar-refractivity contribution is 14.3. The van der Waals surface area contributed by atoms with E-state index in [-0.39, 0.29) is 2.29 Å². The second-order valence-electron chi connectivity index (χ2n) is 1.96. The van der Waals surface area contributed by atoms with Crippen molar-refractivity contribution in [3.63, 3.8) is 0 Å². The molecule has 0 N–H and O–H groups in total. The van der Waals surface area contributed by atoms with E-state index in [1.165, 1.54) is 0 Å². The number of hydrogen-bond acceptors (Lipinski definition) is 0. The number of alkyl halides is 7.